The second kappa shape index (κ2) is 3.18. The van der Waals surface area contributed by atoms with Gasteiger partial charge in [-0.2, -0.15) is 0 Å². The van der Waals surface area contributed by atoms with Crippen molar-refractivity contribution in [2.75, 3.05) is 0 Å². The zero-order valence-corrected chi connectivity index (χ0v) is 7.65. The van der Waals surface area contributed by atoms with Gasteiger partial charge in [0.25, 0.3) is 0 Å². The minimum absolute atomic E-state index is 0.532. The van der Waals surface area contributed by atoms with Gasteiger partial charge in [-0.25, -0.2) is 4.36 Å². The Balaban J connectivity index is 2.05. The molecule has 0 aromatic rings. The van der Waals surface area contributed by atoms with Crippen molar-refractivity contribution in [1.82, 2.24) is 0 Å². The van der Waals surface area contributed by atoms with Gasteiger partial charge in [0.15, 0.2) is 0 Å². The van der Waals surface area contributed by atoms with Crippen molar-refractivity contribution in [3.63, 3.8) is 0 Å². The zero-order valence-electron chi connectivity index (χ0n) is 6.83. The predicted molar refractivity (Wildman–Crippen MR) is 48.3 cm³/mol. The maximum Gasteiger partial charge on any atom is 0.0636 e. The van der Waals surface area contributed by atoms with E-state index in [2.05, 4.69) is 4.36 Å². The quantitative estimate of drug-likeness (QED) is 0.588. The van der Waals surface area contributed by atoms with Crippen LogP contribution in [-0.2, 0) is 12.4 Å². The molecule has 0 aliphatic heterocycles. The highest BCUT2D eigenvalue weighted by molar-refractivity contribution is 7.47. The Morgan fingerprint density at radius 2 is 1.36 bits per heavy atom. The molecule has 3 aliphatic carbocycles. The highest BCUT2D eigenvalue weighted by Gasteiger charge is 2.30. The summed E-state index contributed by atoms with van der Waals surface area (Å²) in [5.74, 6) is 1.93. The van der Waals surface area contributed by atoms with E-state index in [-0.39, 0.29) is 0 Å². The molecule has 3 rings (SSSR count). The van der Waals surface area contributed by atoms with Crippen molar-refractivity contribution in [1.29, 1.82) is 0 Å². The van der Waals surface area contributed by atoms with E-state index in [0.717, 1.165) is 11.8 Å². The van der Waals surface area contributed by atoms with Crippen LogP contribution < -0.4 is 0 Å². The molecule has 11 heavy (non-hydrogen) atoms. The summed E-state index contributed by atoms with van der Waals surface area (Å²) < 4.78 is 4.03. The molecule has 0 unspecified atom stereocenters. The summed E-state index contributed by atoms with van der Waals surface area (Å²) >= 11 is 4.79. The van der Waals surface area contributed by atoms with E-state index in [1.54, 1.807) is 0 Å². The SMILES string of the molecule is S=NC1CC2CCC(CC2)C1. The Hall–Kier alpha value is 0.0200. The van der Waals surface area contributed by atoms with Gasteiger partial charge in [0, 0.05) is 12.4 Å². The first-order valence-electron chi connectivity index (χ1n) is 4.71. The molecule has 2 heteroatoms. The predicted octanol–water partition coefficient (Wildman–Crippen LogP) is 2.69. The molecule has 3 saturated carbocycles. The monoisotopic (exact) mass is 169 g/mol. The van der Waals surface area contributed by atoms with Crippen LogP contribution in [0.2, 0.25) is 0 Å². The molecule has 0 spiro atoms. The molecule has 0 aromatic heterocycles. The topological polar surface area (TPSA) is 12.4 Å². The van der Waals surface area contributed by atoms with E-state index in [9.17, 15) is 0 Å². The summed E-state index contributed by atoms with van der Waals surface area (Å²) in [5.41, 5.74) is 0. The lowest BCUT2D eigenvalue weighted by molar-refractivity contribution is 0.308. The van der Waals surface area contributed by atoms with Crippen molar-refractivity contribution < 1.29 is 0 Å². The van der Waals surface area contributed by atoms with Crippen molar-refractivity contribution in [2.24, 2.45) is 16.2 Å². The molecule has 3 fully saturated rings. The van der Waals surface area contributed by atoms with Crippen molar-refractivity contribution >= 4 is 12.4 Å². The second-order valence-electron chi connectivity index (χ2n) is 4.12. The molecule has 0 amide bonds. The third-order valence-corrected chi connectivity index (χ3v) is 3.62. The molecule has 3 aliphatic rings. The number of rotatable bonds is 1. The molecule has 1 nitrogen and oxygen atoms in total. The van der Waals surface area contributed by atoms with Gasteiger partial charge in [-0.15, -0.1) is 0 Å². The molecule has 0 aromatic carbocycles. The van der Waals surface area contributed by atoms with Crippen LogP contribution >= 0.6 is 0 Å². The van der Waals surface area contributed by atoms with Gasteiger partial charge < -0.3 is 0 Å². The molecule has 0 N–H and O–H groups in total. The van der Waals surface area contributed by atoms with Gasteiger partial charge in [0.05, 0.1) is 6.04 Å². The molecule has 0 radical (unpaired) electrons. The van der Waals surface area contributed by atoms with Gasteiger partial charge >= 0.3 is 0 Å². The van der Waals surface area contributed by atoms with Gasteiger partial charge in [-0.1, -0.05) is 25.7 Å². The average molecular weight is 169 g/mol. The average Bonchev–Trinajstić information content (AvgIpc) is 2.35. The van der Waals surface area contributed by atoms with E-state index in [1.165, 1.54) is 38.5 Å². The van der Waals surface area contributed by atoms with Crippen molar-refractivity contribution in [3.05, 3.63) is 0 Å². The summed E-state index contributed by atoms with van der Waals surface area (Å²) in [6, 6.07) is 0.532. The van der Waals surface area contributed by atoms with Crippen LogP contribution in [0.1, 0.15) is 38.5 Å². The molecular formula is C9H15NS. The third kappa shape index (κ3) is 1.61. The Labute approximate surface area is 73.7 Å². The van der Waals surface area contributed by atoms with Gasteiger partial charge in [0.1, 0.15) is 0 Å². The lowest BCUT2D eigenvalue weighted by Gasteiger charge is -2.21. The van der Waals surface area contributed by atoms with E-state index < -0.39 is 0 Å². The van der Waals surface area contributed by atoms with Crippen LogP contribution in [-0.4, -0.2) is 6.04 Å². The highest BCUT2D eigenvalue weighted by atomic mass is 32.1. The van der Waals surface area contributed by atoms with E-state index in [0.29, 0.717) is 6.04 Å². The summed E-state index contributed by atoms with van der Waals surface area (Å²) in [6.07, 6.45) is 8.38. The highest BCUT2D eigenvalue weighted by Crippen LogP contribution is 2.39. The maximum absolute atomic E-state index is 4.79. The Kier molecular flexibility index (Phi) is 2.21. The van der Waals surface area contributed by atoms with E-state index in [4.69, 9.17) is 12.4 Å². The Morgan fingerprint density at radius 1 is 0.909 bits per heavy atom. The van der Waals surface area contributed by atoms with E-state index in [1.807, 2.05) is 0 Å². The fourth-order valence-corrected chi connectivity index (χ4v) is 2.83. The standard InChI is InChI=1S/C9H15NS/c11-10-9-5-7-1-2-8(6-9)4-3-7/h7-9H,1-6H2. The van der Waals surface area contributed by atoms with Crippen LogP contribution in [0.5, 0.6) is 0 Å². The van der Waals surface area contributed by atoms with Crippen LogP contribution in [0.3, 0.4) is 0 Å². The van der Waals surface area contributed by atoms with Gasteiger partial charge in [0.2, 0.25) is 0 Å². The molecule has 2 bridgehead atoms. The molecule has 0 atom stereocenters. The Bertz CT molecular complexity index is 136. The third-order valence-electron chi connectivity index (χ3n) is 3.33. The lowest BCUT2D eigenvalue weighted by atomic mass is 9.84. The number of fused-ring (bicyclic) bond motifs is 4. The minimum atomic E-state index is 0.532. The maximum atomic E-state index is 4.79. The number of hydrogen-bond donors (Lipinski definition) is 0. The normalized spacial score (nSPS) is 43.5. The van der Waals surface area contributed by atoms with E-state index >= 15 is 0 Å². The number of hydrogen-bond acceptors (Lipinski definition) is 2. The first kappa shape index (κ1) is 7.66. The zero-order chi connectivity index (χ0) is 7.68. The van der Waals surface area contributed by atoms with Crippen molar-refractivity contribution in [2.45, 2.75) is 44.6 Å². The largest absolute Gasteiger partial charge is 0.216 e. The lowest BCUT2D eigenvalue weighted by Crippen LogP contribution is -2.08. The fourth-order valence-electron chi connectivity index (χ4n) is 2.65. The Morgan fingerprint density at radius 3 is 1.73 bits per heavy atom. The summed E-state index contributed by atoms with van der Waals surface area (Å²) in [5, 5.41) is 0. The van der Waals surface area contributed by atoms with Crippen molar-refractivity contribution in [3.8, 4) is 0 Å². The minimum Gasteiger partial charge on any atom is -0.216 e. The fraction of sp³-hybridized carbons (Fsp3) is 1.00. The summed E-state index contributed by atoms with van der Waals surface area (Å²) in [7, 11) is 0. The van der Waals surface area contributed by atoms with Crippen LogP contribution in [0.4, 0.5) is 0 Å². The first-order chi connectivity index (χ1) is 5.38. The van der Waals surface area contributed by atoms with Crippen LogP contribution in [0.15, 0.2) is 4.36 Å². The van der Waals surface area contributed by atoms with Gasteiger partial charge in [-0.3, -0.25) is 0 Å². The second-order valence-corrected chi connectivity index (χ2v) is 4.33. The molecular weight excluding hydrogens is 154 g/mol. The smallest absolute Gasteiger partial charge is 0.0636 e. The van der Waals surface area contributed by atoms with Crippen LogP contribution in [0, 0.1) is 11.8 Å². The van der Waals surface area contributed by atoms with Crippen LogP contribution in [0.25, 0.3) is 0 Å². The molecule has 62 valence electrons. The summed E-state index contributed by atoms with van der Waals surface area (Å²) in [4.78, 5) is 0. The number of nitrogens with zero attached hydrogens (tertiary/aromatic N) is 1. The molecule has 0 heterocycles. The molecule has 0 saturated heterocycles. The van der Waals surface area contributed by atoms with Gasteiger partial charge in [-0.05, 0) is 24.7 Å². The summed E-state index contributed by atoms with van der Waals surface area (Å²) in [6.45, 7) is 0. The first-order valence-corrected chi connectivity index (χ1v) is 5.07.